The fraction of sp³-hybridized carbons (Fsp3) is 0.500. The minimum atomic E-state index is -0.519. The van der Waals surface area contributed by atoms with Crippen molar-refractivity contribution in [3.8, 4) is 5.75 Å². The SMILES string of the molecule is CCCCC(CC)C(=O)Nc1ccc(OCC(N)=O)cc1. The Bertz CT molecular complexity index is 457. The lowest BCUT2D eigenvalue weighted by molar-refractivity contribution is -0.120. The molecule has 0 saturated carbocycles. The third kappa shape index (κ3) is 6.29. The van der Waals surface area contributed by atoms with Crippen LogP contribution in [0.1, 0.15) is 39.5 Å². The van der Waals surface area contributed by atoms with Crippen LogP contribution in [0.15, 0.2) is 24.3 Å². The second-order valence-corrected chi connectivity index (χ2v) is 5.02. The molecule has 1 aromatic carbocycles. The van der Waals surface area contributed by atoms with Crippen molar-refractivity contribution < 1.29 is 14.3 Å². The zero-order valence-corrected chi connectivity index (χ0v) is 12.7. The fourth-order valence-electron chi connectivity index (χ4n) is 2.00. The van der Waals surface area contributed by atoms with Crippen LogP contribution in [0.3, 0.4) is 0 Å². The molecule has 0 radical (unpaired) electrons. The second-order valence-electron chi connectivity index (χ2n) is 5.02. The molecule has 0 saturated heterocycles. The summed E-state index contributed by atoms with van der Waals surface area (Å²) >= 11 is 0. The first kappa shape index (κ1) is 17.0. The number of benzene rings is 1. The van der Waals surface area contributed by atoms with Crippen LogP contribution in [0.2, 0.25) is 0 Å². The molecule has 0 bridgehead atoms. The first-order valence-corrected chi connectivity index (χ1v) is 7.38. The van der Waals surface area contributed by atoms with Crippen molar-refractivity contribution in [1.82, 2.24) is 0 Å². The van der Waals surface area contributed by atoms with E-state index in [4.69, 9.17) is 10.5 Å². The van der Waals surface area contributed by atoms with Crippen molar-refractivity contribution in [2.75, 3.05) is 11.9 Å². The van der Waals surface area contributed by atoms with E-state index < -0.39 is 5.91 Å². The van der Waals surface area contributed by atoms with E-state index in [1.807, 2.05) is 6.92 Å². The average Bonchev–Trinajstić information content (AvgIpc) is 2.47. The van der Waals surface area contributed by atoms with Crippen molar-refractivity contribution in [1.29, 1.82) is 0 Å². The van der Waals surface area contributed by atoms with Gasteiger partial charge < -0.3 is 15.8 Å². The summed E-state index contributed by atoms with van der Waals surface area (Å²) in [6, 6.07) is 6.90. The van der Waals surface area contributed by atoms with Crippen molar-refractivity contribution in [2.24, 2.45) is 11.7 Å². The summed E-state index contributed by atoms with van der Waals surface area (Å²) in [6.07, 6.45) is 3.91. The third-order valence-electron chi connectivity index (χ3n) is 3.27. The van der Waals surface area contributed by atoms with Gasteiger partial charge in [-0.3, -0.25) is 9.59 Å². The maximum atomic E-state index is 12.1. The highest BCUT2D eigenvalue weighted by Gasteiger charge is 2.15. The fourth-order valence-corrected chi connectivity index (χ4v) is 2.00. The number of primary amides is 1. The Morgan fingerprint density at radius 1 is 1.24 bits per heavy atom. The first-order valence-electron chi connectivity index (χ1n) is 7.38. The number of nitrogens with one attached hydrogen (secondary N) is 1. The Balaban J connectivity index is 2.53. The van der Waals surface area contributed by atoms with E-state index in [9.17, 15) is 9.59 Å². The summed E-state index contributed by atoms with van der Waals surface area (Å²) < 4.78 is 5.16. The maximum absolute atomic E-state index is 12.1. The molecule has 0 spiro atoms. The van der Waals surface area contributed by atoms with Crippen LogP contribution in [0.4, 0.5) is 5.69 Å². The van der Waals surface area contributed by atoms with Crippen molar-refractivity contribution in [2.45, 2.75) is 39.5 Å². The van der Waals surface area contributed by atoms with Crippen molar-refractivity contribution >= 4 is 17.5 Å². The Morgan fingerprint density at radius 2 is 1.90 bits per heavy atom. The number of anilines is 1. The monoisotopic (exact) mass is 292 g/mol. The van der Waals surface area contributed by atoms with Crippen LogP contribution >= 0.6 is 0 Å². The summed E-state index contributed by atoms with van der Waals surface area (Å²) in [5.41, 5.74) is 5.73. The molecule has 0 fully saturated rings. The van der Waals surface area contributed by atoms with Crippen molar-refractivity contribution in [3.05, 3.63) is 24.3 Å². The van der Waals surface area contributed by atoms with E-state index in [1.165, 1.54) is 0 Å². The number of hydrogen-bond donors (Lipinski definition) is 2. The molecule has 0 aromatic heterocycles. The molecule has 1 rings (SSSR count). The van der Waals surface area contributed by atoms with Crippen LogP contribution in [0.25, 0.3) is 0 Å². The number of amides is 2. The normalized spacial score (nSPS) is 11.7. The highest BCUT2D eigenvalue weighted by molar-refractivity contribution is 5.92. The zero-order chi connectivity index (χ0) is 15.7. The molecule has 0 aliphatic carbocycles. The van der Waals surface area contributed by atoms with Gasteiger partial charge in [-0.15, -0.1) is 0 Å². The Kier molecular flexibility index (Phi) is 7.29. The highest BCUT2D eigenvalue weighted by Crippen LogP contribution is 2.19. The van der Waals surface area contributed by atoms with Gasteiger partial charge in [0.1, 0.15) is 5.75 Å². The van der Waals surface area contributed by atoms with Gasteiger partial charge in [0.25, 0.3) is 5.91 Å². The Labute approximate surface area is 125 Å². The summed E-state index contributed by atoms with van der Waals surface area (Å²) in [5, 5.41) is 2.91. The van der Waals surface area contributed by atoms with Gasteiger partial charge in [-0.05, 0) is 37.1 Å². The Hall–Kier alpha value is -2.04. The lowest BCUT2D eigenvalue weighted by Gasteiger charge is -2.14. The molecule has 21 heavy (non-hydrogen) atoms. The summed E-state index contributed by atoms with van der Waals surface area (Å²) in [5.74, 6) is 0.131. The van der Waals surface area contributed by atoms with Gasteiger partial charge in [0.15, 0.2) is 6.61 Å². The van der Waals surface area contributed by atoms with E-state index in [2.05, 4.69) is 12.2 Å². The predicted molar refractivity (Wildman–Crippen MR) is 83.1 cm³/mol. The number of carbonyl (C=O) groups excluding carboxylic acids is 2. The number of ether oxygens (including phenoxy) is 1. The second kappa shape index (κ2) is 9.00. The zero-order valence-electron chi connectivity index (χ0n) is 12.7. The number of nitrogens with two attached hydrogens (primary N) is 1. The molecule has 2 amide bonds. The molecule has 1 aromatic rings. The number of unbranched alkanes of at least 4 members (excludes halogenated alkanes) is 1. The molecular formula is C16H24N2O3. The van der Waals surface area contributed by atoms with Crippen LogP contribution < -0.4 is 15.8 Å². The predicted octanol–water partition coefficient (Wildman–Crippen LogP) is 2.71. The summed E-state index contributed by atoms with van der Waals surface area (Å²) in [6.45, 7) is 4.00. The molecule has 0 aliphatic heterocycles. The minimum absolute atomic E-state index is 0.0516. The first-order chi connectivity index (χ1) is 10.1. The minimum Gasteiger partial charge on any atom is -0.484 e. The molecule has 5 heteroatoms. The van der Waals surface area contributed by atoms with E-state index >= 15 is 0 Å². The molecule has 0 heterocycles. The number of hydrogen-bond acceptors (Lipinski definition) is 3. The molecule has 1 unspecified atom stereocenters. The van der Waals surface area contributed by atoms with Gasteiger partial charge >= 0.3 is 0 Å². The van der Waals surface area contributed by atoms with Crippen LogP contribution in [-0.2, 0) is 9.59 Å². The molecule has 116 valence electrons. The molecule has 0 aliphatic rings. The quantitative estimate of drug-likeness (QED) is 0.734. The van der Waals surface area contributed by atoms with Crippen LogP contribution in [-0.4, -0.2) is 18.4 Å². The van der Waals surface area contributed by atoms with Gasteiger partial charge in [0.05, 0.1) is 0 Å². The lowest BCUT2D eigenvalue weighted by atomic mass is 9.98. The van der Waals surface area contributed by atoms with Crippen LogP contribution in [0, 0.1) is 5.92 Å². The van der Waals surface area contributed by atoms with E-state index in [1.54, 1.807) is 24.3 Å². The number of rotatable bonds is 9. The largest absolute Gasteiger partial charge is 0.484 e. The van der Waals surface area contributed by atoms with Gasteiger partial charge in [0, 0.05) is 11.6 Å². The van der Waals surface area contributed by atoms with Gasteiger partial charge in [-0.1, -0.05) is 26.7 Å². The van der Waals surface area contributed by atoms with E-state index in [0.717, 1.165) is 31.4 Å². The Morgan fingerprint density at radius 3 is 2.43 bits per heavy atom. The standard InChI is InChI=1S/C16H24N2O3/c1-3-5-6-12(4-2)16(20)18-13-7-9-14(10-8-13)21-11-15(17)19/h7-10,12H,3-6,11H2,1-2H3,(H2,17,19)(H,18,20). The average molecular weight is 292 g/mol. The smallest absolute Gasteiger partial charge is 0.255 e. The van der Waals surface area contributed by atoms with E-state index in [0.29, 0.717) is 5.75 Å². The summed E-state index contributed by atoms with van der Waals surface area (Å²) in [4.78, 5) is 22.8. The van der Waals surface area contributed by atoms with Gasteiger partial charge in [0.2, 0.25) is 5.91 Å². The molecular weight excluding hydrogens is 268 g/mol. The van der Waals surface area contributed by atoms with E-state index in [-0.39, 0.29) is 18.4 Å². The molecule has 3 N–H and O–H groups in total. The number of carbonyl (C=O) groups is 2. The lowest BCUT2D eigenvalue weighted by Crippen LogP contribution is -2.22. The molecule has 5 nitrogen and oxygen atoms in total. The maximum Gasteiger partial charge on any atom is 0.255 e. The van der Waals surface area contributed by atoms with Gasteiger partial charge in [-0.2, -0.15) is 0 Å². The topological polar surface area (TPSA) is 81.4 Å². The van der Waals surface area contributed by atoms with Gasteiger partial charge in [-0.25, -0.2) is 0 Å². The highest BCUT2D eigenvalue weighted by atomic mass is 16.5. The van der Waals surface area contributed by atoms with Crippen molar-refractivity contribution in [3.63, 3.8) is 0 Å². The summed E-state index contributed by atoms with van der Waals surface area (Å²) in [7, 11) is 0. The third-order valence-corrected chi connectivity index (χ3v) is 3.27. The molecule has 1 atom stereocenters. The van der Waals surface area contributed by atoms with Crippen LogP contribution in [0.5, 0.6) is 5.75 Å².